The fraction of sp³-hybridized carbons (Fsp3) is 0.500. The lowest BCUT2D eigenvalue weighted by Gasteiger charge is -2.37. The quantitative estimate of drug-likeness (QED) is 0.448. The van der Waals surface area contributed by atoms with E-state index in [1.165, 1.54) is 5.69 Å². The highest BCUT2D eigenvalue weighted by molar-refractivity contribution is 5.74. The van der Waals surface area contributed by atoms with Gasteiger partial charge in [-0.15, -0.1) is 5.11 Å². The summed E-state index contributed by atoms with van der Waals surface area (Å²) < 4.78 is 0. The molecule has 0 aliphatic carbocycles. The van der Waals surface area contributed by atoms with Crippen LogP contribution in [-0.2, 0) is 0 Å². The van der Waals surface area contributed by atoms with Gasteiger partial charge in [0.25, 0.3) is 0 Å². The number of anilines is 2. The molecule has 0 aliphatic heterocycles. The molecule has 0 aromatic heterocycles. The Kier molecular flexibility index (Phi) is 7.61. The first-order chi connectivity index (χ1) is 13.2. The second-order valence-corrected chi connectivity index (χ2v) is 8.40. The third kappa shape index (κ3) is 5.34. The second kappa shape index (κ2) is 9.72. The average molecular weight is 381 g/mol. The number of benzene rings is 2. The molecule has 28 heavy (non-hydrogen) atoms. The molecule has 0 N–H and O–H groups in total. The maximum Gasteiger partial charge on any atom is 0.109 e. The molecule has 0 fully saturated rings. The standard InChI is InChI=1S/C24H36N4/c1-17(2)27(18(3)4)22-14-15-23(26-25-21-12-10-9-11-13-21)24(16-22)28(19(5)6)20(7)8/h9-20H,1-8H3. The Balaban J connectivity index is 2.56. The molecule has 0 atom stereocenters. The molecule has 0 amide bonds. The van der Waals surface area contributed by atoms with Crippen LogP contribution in [0, 0.1) is 0 Å². The first kappa shape index (κ1) is 21.9. The van der Waals surface area contributed by atoms with Crippen LogP contribution >= 0.6 is 0 Å². The summed E-state index contributed by atoms with van der Waals surface area (Å²) in [5.41, 5.74) is 4.13. The Morgan fingerprint density at radius 1 is 0.607 bits per heavy atom. The van der Waals surface area contributed by atoms with Crippen molar-refractivity contribution in [3.63, 3.8) is 0 Å². The molecule has 0 saturated heterocycles. The first-order valence-corrected chi connectivity index (χ1v) is 10.4. The van der Waals surface area contributed by atoms with Gasteiger partial charge in [0.05, 0.1) is 11.4 Å². The number of hydrogen-bond donors (Lipinski definition) is 0. The van der Waals surface area contributed by atoms with Gasteiger partial charge < -0.3 is 9.80 Å². The Labute approximate surface area is 171 Å². The summed E-state index contributed by atoms with van der Waals surface area (Å²) in [6, 6.07) is 18.0. The minimum Gasteiger partial charge on any atom is -0.367 e. The van der Waals surface area contributed by atoms with Crippen molar-refractivity contribution in [2.45, 2.75) is 79.6 Å². The van der Waals surface area contributed by atoms with Gasteiger partial charge in [-0.3, -0.25) is 0 Å². The highest BCUT2D eigenvalue weighted by atomic mass is 15.2. The fourth-order valence-corrected chi connectivity index (χ4v) is 3.92. The highest BCUT2D eigenvalue weighted by Crippen LogP contribution is 2.37. The predicted octanol–water partition coefficient (Wildman–Crippen LogP) is 7.35. The molecule has 0 aliphatic rings. The Hall–Kier alpha value is -2.36. The van der Waals surface area contributed by atoms with Gasteiger partial charge in [0.2, 0.25) is 0 Å². The van der Waals surface area contributed by atoms with Crippen LogP contribution in [0.4, 0.5) is 22.7 Å². The van der Waals surface area contributed by atoms with Gasteiger partial charge in [0, 0.05) is 29.9 Å². The Morgan fingerprint density at radius 3 is 1.64 bits per heavy atom. The molecule has 0 spiro atoms. The molecule has 2 aromatic rings. The molecular weight excluding hydrogens is 344 g/mol. The lowest BCUT2D eigenvalue weighted by molar-refractivity contribution is 0.600. The summed E-state index contributed by atoms with van der Waals surface area (Å²) >= 11 is 0. The van der Waals surface area contributed by atoms with Crippen LogP contribution < -0.4 is 9.80 Å². The molecule has 4 nitrogen and oxygen atoms in total. The van der Waals surface area contributed by atoms with Crippen LogP contribution in [0.25, 0.3) is 0 Å². The van der Waals surface area contributed by atoms with Gasteiger partial charge in [0.1, 0.15) is 5.69 Å². The molecule has 2 rings (SSSR count). The predicted molar refractivity (Wildman–Crippen MR) is 123 cm³/mol. The van der Waals surface area contributed by atoms with Crippen LogP contribution in [0.5, 0.6) is 0 Å². The number of hydrogen-bond acceptors (Lipinski definition) is 4. The van der Waals surface area contributed by atoms with Crippen molar-refractivity contribution < 1.29 is 0 Å². The number of azo groups is 1. The Morgan fingerprint density at radius 2 is 1.14 bits per heavy atom. The molecule has 152 valence electrons. The molecule has 0 unspecified atom stereocenters. The zero-order valence-electron chi connectivity index (χ0n) is 18.7. The summed E-state index contributed by atoms with van der Waals surface area (Å²) in [7, 11) is 0. The van der Waals surface area contributed by atoms with Crippen molar-refractivity contribution in [3.05, 3.63) is 48.5 Å². The van der Waals surface area contributed by atoms with Gasteiger partial charge in [-0.05, 0) is 85.7 Å². The molecule has 0 saturated carbocycles. The van der Waals surface area contributed by atoms with E-state index in [2.05, 4.69) is 93.6 Å². The summed E-state index contributed by atoms with van der Waals surface area (Å²) in [4.78, 5) is 4.86. The van der Waals surface area contributed by atoms with Crippen molar-refractivity contribution in [1.29, 1.82) is 0 Å². The third-order valence-corrected chi connectivity index (χ3v) is 4.79. The summed E-state index contributed by atoms with van der Waals surface area (Å²) in [5, 5.41) is 9.08. The van der Waals surface area contributed by atoms with E-state index < -0.39 is 0 Å². The SMILES string of the molecule is CC(C)N(c1ccc(N=Nc2ccccc2)c(N(C(C)C)C(C)C)c1)C(C)C. The van der Waals surface area contributed by atoms with E-state index in [1.807, 2.05) is 30.3 Å². The monoisotopic (exact) mass is 380 g/mol. The fourth-order valence-electron chi connectivity index (χ4n) is 3.92. The lowest BCUT2D eigenvalue weighted by Crippen LogP contribution is -2.39. The van der Waals surface area contributed by atoms with Crippen LogP contribution in [0.3, 0.4) is 0 Å². The minimum atomic E-state index is 0.368. The van der Waals surface area contributed by atoms with E-state index >= 15 is 0 Å². The van der Waals surface area contributed by atoms with E-state index in [1.54, 1.807) is 0 Å². The molecule has 0 radical (unpaired) electrons. The zero-order valence-corrected chi connectivity index (χ0v) is 18.7. The molecule has 4 heteroatoms. The van der Waals surface area contributed by atoms with Crippen molar-refractivity contribution in [3.8, 4) is 0 Å². The second-order valence-electron chi connectivity index (χ2n) is 8.40. The Bertz CT molecular complexity index is 747. The van der Waals surface area contributed by atoms with Gasteiger partial charge in [-0.1, -0.05) is 18.2 Å². The van der Waals surface area contributed by atoms with Crippen LogP contribution in [0.15, 0.2) is 58.8 Å². The molecule has 0 bridgehead atoms. The van der Waals surface area contributed by atoms with E-state index in [9.17, 15) is 0 Å². The van der Waals surface area contributed by atoms with E-state index in [4.69, 9.17) is 0 Å². The molecular formula is C24H36N4. The van der Waals surface area contributed by atoms with Gasteiger partial charge >= 0.3 is 0 Å². The zero-order chi connectivity index (χ0) is 20.8. The van der Waals surface area contributed by atoms with E-state index in [-0.39, 0.29) is 0 Å². The molecule has 0 heterocycles. The average Bonchev–Trinajstić information content (AvgIpc) is 2.60. The van der Waals surface area contributed by atoms with Crippen molar-refractivity contribution in [1.82, 2.24) is 0 Å². The first-order valence-electron chi connectivity index (χ1n) is 10.4. The minimum absolute atomic E-state index is 0.368. The van der Waals surface area contributed by atoms with Crippen molar-refractivity contribution >= 4 is 22.7 Å². The van der Waals surface area contributed by atoms with Crippen LogP contribution in [0.1, 0.15) is 55.4 Å². The topological polar surface area (TPSA) is 31.2 Å². The van der Waals surface area contributed by atoms with Gasteiger partial charge in [-0.2, -0.15) is 5.11 Å². The maximum atomic E-state index is 4.62. The molecule has 2 aromatic carbocycles. The van der Waals surface area contributed by atoms with E-state index in [0.29, 0.717) is 24.2 Å². The van der Waals surface area contributed by atoms with Gasteiger partial charge in [-0.25, -0.2) is 0 Å². The summed E-state index contributed by atoms with van der Waals surface area (Å²) in [6.45, 7) is 17.9. The third-order valence-electron chi connectivity index (χ3n) is 4.79. The van der Waals surface area contributed by atoms with Crippen molar-refractivity contribution in [2.24, 2.45) is 10.2 Å². The normalized spacial score (nSPS) is 12.0. The summed E-state index contributed by atoms with van der Waals surface area (Å²) in [5.74, 6) is 0. The van der Waals surface area contributed by atoms with Crippen LogP contribution in [-0.4, -0.2) is 24.2 Å². The lowest BCUT2D eigenvalue weighted by atomic mass is 10.1. The van der Waals surface area contributed by atoms with Crippen molar-refractivity contribution in [2.75, 3.05) is 9.80 Å². The van der Waals surface area contributed by atoms with E-state index in [0.717, 1.165) is 17.1 Å². The highest BCUT2D eigenvalue weighted by Gasteiger charge is 2.21. The number of rotatable bonds is 8. The number of nitrogens with zero attached hydrogens (tertiary/aromatic N) is 4. The largest absolute Gasteiger partial charge is 0.367 e. The maximum absolute atomic E-state index is 4.62. The van der Waals surface area contributed by atoms with Gasteiger partial charge in [0.15, 0.2) is 0 Å². The van der Waals surface area contributed by atoms with Crippen LogP contribution in [0.2, 0.25) is 0 Å². The summed E-state index contributed by atoms with van der Waals surface area (Å²) in [6.07, 6.45) is 0. The smallest absolute Gasteiger partial charge is 0.109 e.